The molecule has 0 aliphatic carbocycles. The lowest BCUT2D eigenvalue weighted by Crippen LogP contribution is -2.57. The molecule has 4 saturated heterocycles. The molecule has 5 amide bonds. The molecule has 1 atom stereocenters. The number of rotatable bonds is 11. The zero-order valence-electron chi connectivity index (χ0n) is 34.5. The van der Waals surface area contributed by atoms with Crippen molar-refractivity contribution >= 4 is 80.6 Å². The van der Waals surface area contributed by atoms with Crippen LogP contribution in [0.2, 0.25) is 5.02 Å². The van der Waals surface area contributed by atoms with Crippen molar-refractivity contribution < 1.29 is 28.4 Å². The minimum atomic E-state index is -1.09. The summed E-state index contributed by atoms with van der Waals surface area (Å²) in [4.78, 5) is 87.9. The molecular formula is C43H47ClFN11O5S. The predicted molar refractivity (Wildman–Crippen MR) is 233 cm³/mol. The molecular weight excluding hydrogens is 837 g/mol. The summed E-state index contributed by atoms with van der Waals surface area (Å²) in [6.45, 7) is 11.7. The minimum Gasteiger partial charge on any atom is -0.368 e. The number of fused-ring (bicyclic) bond motifs is 1. The molecule has 0 bridgehead atoms. The summed E-state index contributed by atoms with van der Waals surface area (Å²) in [7, 11) is 0. The Morgan fingerprint density at radius 1 is 0.952 bits per heavy atom. The van der Waals surface area contributed by atoms with Gasteiger partial charge in [-0.15, -0.1) is 0 Å². The Labute approximate surface area is 366 Å². The van der Waals surface area contributed by atoms with Crippen molar-refractivity contribution in [2.75, 3.05) is 79.3 Å². The molecule has 5 aliphatic rings. The number of piperazine rings is 1. The Morgan fingerprint density at radius 2 is 1.69 bits per heavy atom. The highest BCUT2D eigenvalue weighted by Crippen LogP contribution is 2.36. The Kier molecular flexibility index (Phi) is 11.7. The largest absolute Gasteiger partial charge is 0.368 e. The molecule has 2 aromatic carbocycles. The van der Waals surface area contributed by atoms with Gasteiger partial charge in [-0.1, -0.05) is 42.0 Å². The summed E-state index contributed by atoms with van der Waals surface area (Å²) in [5.41, 5.74) is 1.88. The second-order valence-corrected chi connectivity index (χ2v) is 18.0. The van der Waals surface area contributed by atoms with Crippen LogP contribution in [-0.2, 0) is 16.0 Å². The number of thiazole rings is 1. The van der Waals surface area contributed by atoms with Gasteiger partial charge in [0.25, 0.3) is 17.7 Å². The number of benzene rings is 2. The maximum Gasteiger partial charge on any atom is 0.267 e. The molecule has 1 unspecified atom stereocenters. The van der Waals surface area contributed by atoms with E-state index in [1.54, 1.807) is 12.3 Å². The van der Waals surface area contributed by atoms with Crippen molar-refractivity contribution in [2.24, 2.45) is 5.92 Å². The fraction of sp³-hybridized carbons (Fsp3) is 0.442. The molecule has 4 aromatic rings. The monoisotopic (exact) mass is 883 g/mol. The normalized spacial score (nSPS) is 20.4. The summed E-state index contributed by atoms with van der Waals surface area (Å²) in [6, 6.07) is 9.43. The van der Waals surface area contributed by atoms with Gasteiger partial charge >= 0.3 is 0 Å². The molecule has 0 spiro atoms. The van der Waals surface area contributed by atoms with E-state index in [0.29, 0.717) is 57.4 Å². The molecule has 324 valence electrons. The second-order valence-electron chi connectivity index (χ2n) is 16.5. The van der Waals surface area contributed by atoms with E-state index in [0.717, 1.165) is 87.4 Å². The van der Waals surface area contributed by atoms with Crippen LogP contribution in [-0.4, -0.2) is 130 Å². The zero-order valence-corrected chi connectivity index (χ0v) is 36.0. The van der Waals surface area contributed by atoms with E-state index >= 15 is 4.39 Å². The first-order valence-corrected chi connectivity index (χ1v) is 22.3. The van der Waals surface area contributed by atoms with Crippen LogP contribution >= 0.6 is 22.9 Å². The first-order chi connectivity index (χ1) is 29.9. The van der Waals surface area contributed by atoms with Crippen LogP contribution in [0.5, 0.6) is 0 Å². The molecule has 7 heterocycles. The number of amides is 5. The van der Waals surface area contributed by atoms with Crippen LogP contribution in [0.25, 0.3) is 0 Å². The molecule has 62 heavy (non-hydrogen) atoms. The highest BCUT2D eigenvalue weighted by atomic mass is 35.5. The van der Waals surface area contributed by atoms with E-state index in [-0.39, 0.29) is 35.6 Å². The number of piperidine rings is 2. The molecule has 0 radical (unpaired) electrons. The van der Waals surface area contributed by atoms with Crippen LogP contribution in [0.15, 0.2) is 42.6 Å². The number of para-hydroxylation sites is 1. The quantitative estimate of drug-likeness (QED) is 0.177. The van der Waals surface area contributed by atoms with Crippen LogP contribution < -0.4 is 25.8 Å². The number of carbonyl (C=O) groups is 5. The van der Waals surface area contributed by atoms with E-state index in [9.17, 15) is 24.0 Å². The summed E-state index contributed by atoms with van der Waals surface area (Å²) in [5.74, 6) is -0.896. The molecule has 5 aliphatic heterocycles. The van der Waals surface area contributed by atoms with Gasteiger partial charge in [0.1, 0.15) is 34.2 Å². The third-order valence-corrected chi connectivity index (χ3v) is 13.8. The highest BCUT2D eigenvalue weighted by molar-refractivity contribution is 7.17. The van der Waals surface area contributed by atoms with Gasteiger partial charge in [0.15, 0.2) is 5.13 Å². The fourth-order valence-corrected chi connectivity index (χ4v) is 10.2. The molecule has 2 aromatic heterocycles. The zero-order chi connectivity index (χ0) is 43.2. The van der Waals surface area contributed by atoms with Crippen molar-refractivity contribution in [1.29, 1.82) is 0 Å². The lowest BCUT2D eigenvalue weighted by molar-refractivity contribution is -0.136. The van der Waals surface area contributed by atoms with Crippen molar-refractivity contribution in [3.8, 4) is 0 Å². The third-order valence-electron chi connectivity index (χ3n) is 12.5. The van der Waals surface area contributed by atoms with Crippen molar-refractivity contribution in [3.05, 3.63) is 80.8 Å². The van der Waals surface area contributed by atoms with Crippen LogP contribution in [0.1, 0.15) is 74.4 Å². The SMILES string of the molecule is CCc1cccc(Cl)c1NC(=O)c1cnc(Nc2cc(N3CCC(N4CCN(CC5CN(c6cc7c(cc6F)C(=O)N(C6CCC(=O)NC6=O)C7=O)C5)CC4)CC3)nc(C)n2)s1. The van der Waals surface area contributed by atoms with E-state index < -0.39 is 35.5 Å². The Bertz CT molecular complexity index is 2450. The average Bonchev–Trinajstić information content (AvgIpc) is 3.80. The van der Waals surface area contributed by atoms with Crippen LogP contribution in [0, 0.1) is 18.7 Å². The lowest BCUT2D eigenvalue weighted by Gasteiger charge is -2.46. The first kappa shape index (κ1) is 41.8. The number of nitrogens with one attached hydrogen (secondary N) is 3. The number of aromatic nitrogens is 3. The Hall–Kier alpha value is -5.56. The van der Waals surface area contributed by atoms with E-state index in [1.807, 2.05) is 36.9 Å². The van der Waals surface area contributed by atoms with Crippen LogP contribution in [0.3, 0.4) is 0 Å². The maximum atomic E-state index is 15.4. The smallest absolute Gasteiger partial charge is 0.267 e. The van der Waals surface area contributed by atoms with Crippen molar-refractivity contribution in [2.45, 2.75) is 58.0 Å². The van der Waals surface area contributed by atoms with E-state index in [2.05, 4.69) is 40.6 Å². The number of hydrogen-bond donors (Lipinski definition) is 3. The fourth-order valence-electron chi connectivity index (χ4n) is 9.24. The second kappa shape index (κ2) is 17.3. The number of hydrogen-bond acceptors (Lipinski definition) is 14. The molecule has 3 N–H and O–H groups in total. The summed E-state index contributed by atoms with van der Waals surface area (Å²) >= 11 is 7.62. The Morgan fingerprint density at radius 3 is 2.42 bits per heavy atom. The van der Waals surface area contributed by atoms with Crippen molar-refractivity contribution in [3.63, 3.8) is 0 Å². The minimum absolute atomic E-state index is 0.0214. The number of halogens is 2. The standard InChI is InChI=1S/C43H47ClFN11O5S/c1-3-26-5-4-6-30(44)38(26)51-40(59)34-20-46-43(62-34)49-35-19-36(48-24(2)47-35)54-11-9-27(10-12-54)53-15-13-52(14-16-53)21-25-22-55(23-25)33-18-29-28(17-31(33)45)41(60)56(42(29)61)32-7-8-37(57)50-39(32)58/h4-6,17-20,25,27,32H,3,7-16,21-23H2,1-2H3,(H,51,59)(H,50,57,58)(H,46,47,48,49). The third kappa shape index (κ3) is 8.35. The van der Waals surface area contributed by atoms with Gasteiger partial charge in [-0.05, 0) is 56.4 Å². The lowest BCUT2D eigenvalue weighted by atomic mass is 9.96. The molecule has 0 saturated carbocycles. The van der Waals surface area contributed by atoms with Gasteiger partial charge in [0, 0.05) is 83.3 Å². The van der Waals surface area contributed by atoms with Crippen molar-refractivity contribution in [1.82, 2.24) is 35.0 Å². The summed E-state index contributed by atoms with van der Waals surface area (Å²) in [6.07, 6.45) is 4.39. The number of imide groups is 2. The number of nitrogens with zero attached hydrogens (tertiary/aromatic N) is 8. The van der Waals surface area contributed by atoms with Gasteiger partial charge < -0.3 is 25.3 Å². The van der Waals surface area contributed by atoms with Gasteiger partial charge in [-0.2, -0.15) is 0 Å². The molecule has 19 heteroatoms. The van der Waals surface area contributed by atoms with Gasteiger partial charge in [0.05, 0.1) is 33.7 Å². The predicted octanol–water partition coefficient (Wildman–Crippen LogP) is 4.72. The molecule has 9 rings (SSSR count). The summed E-state index contributed by atoms with van der Waals surface area (Å²) < 4.78 is 15.4. The van der Waals surface area contributed by atoms with Gasteiger partial charge in [0.2, 0.25) is 11.8 Å². The average molecular weight is 884 g/mol. The van der Waals surface area contributed by atoms with E-state index in [4.69, 9.17) is 16.6 Å². The van der Waals surface area contributed by atoms with Crippen LogP contribution in [0.4, 0.5) is 32.5 Å². The van der Waals surface area contributed by atoms with Gasteiger partial charge in [-0.3, -0.25) is 39.1 Å². The molecule has 4 fully saturated rings. The highest BCUT2D eigenvalue weighted by Gasteiger charge is 2.46. The number of aryl methyl sites for hydroxylation is 2. The maximum absolute atomic E-state index is 15.4. The van der Waals surface area contributed by atoms with Gasteiger partial charge in [-0.25, -0.2) is 19.3 Å². The number of anilines is 5. The van der Waals surface area contributed by atoms with E-state index in [1.165, 1.54) is 17.4 Å². The Balaban J connectivity index is 0.726. The number of carbonyl (C=O) groups excluding carboxylic acids is 5. The summed E-state index contributed by atoms with van der Waals surface area (Å²) in [5, 5.41) is 9.44. The molecule has 16 nitrogen and oxygen atoms in total. The topological polar surface area (TPSA) is 176 Å². The first-order valence-electron chi connectivity index (χ1n) is 21.1.